The van der Waals surface area contributed by atoms with Gasteiger partial charge >= 0.3 is 0 Å². The quantitative estimate of drug-likeness (QED) is 0.745. The molecule has 2 aromatic carbocycles. The van der Waals surface area contributed by atoms with Gasteiger partial charge < -0.3 is 15.4 Å². The van der Waals surface area contributed by atoms with E-state index in [-0.39, 0.29) is 12.5 Å². The summed E-state index contributed by atoms with van der Waals surface area (Å²) >= 11 is 12.0. The summed E-state index contributed by atoms with van der Waals surface area (Å²) in [6.07, 6.45) is 0.725. The number of benzene rings is 2. The molecule has 0 spiro atoms. The Kier molecular flexibility index (Phi) is 6.71. The second-order valence-electron chi connectivity index (χ2n) is 4.94. The number of methoxy groups -OCH3 is 1. The topological polar surface area (TPSA) is 50.4 Å². The summed E-state index contributed by atoms with van der Waals surface area (Å²) in [7, 11) is 1.59. The SMILES string of the molecule is COc1cccc(NC(=O)CNCCc2ccc(Cl)cc2Cl)c1. The van der Waals surface area contributed by atoms with Gasteiger partial charge in [0.1, 0.15) is 5.75 Å². The van der Waals surface area contributed by atoms with Crippen LogP contribution in [0.5, 0.6) is 5.75 Å². The van der Waals surface area contributed by atoms with E-state index >= 15 is 0 Å². The van der Waals surface area contributed by atoms with Crippen LogP contribution in [0.25, 0.3) is 0 Å². The molecular weight excluding hydrogens is 335 g/mol. The van der Waals surface area contributed by atoms with Gasteiger partial charge in [-0.3, -0.25) is 4.79 Å². The van der Waals surface area contributed by atoms with Gasteiger partial charge in [0.25, 0.3) is 0 Å². The number of ether oxygens (including phenoxy) is 1. The molecule has 0 radical (unpaired) electrons. The summed E-state index contributed by atoms with van der Waals surface area (Å²) < 4.78 is 5.11. The number of hydrogen-bond acceptors (Lipinski definition) is 3. The van der Waals surface area contributed by atoms with Crippen molar-refractivity contribution >= 4 is 34.8 Å². The normalized spacial score (nSPS) is 10.4. The minimum Gasteiger partial charge on any atom is -0.497 e. The monoisotopic (exact) mass is 352 g/mol. The van der Waals surface area contributed by atoms with Crippen molar-refractivity contribution in [1.29, 1.82) is 0 Å². The molecule has 122 valence electrons. The summed E-state index contributed by atoms with van der Waals surface area (Å²) in [4.78, 5) is 11.9. The Morgan fingerprint density at radius 2 is 2.00 bits per heavy atom. The zero-order valence-corrected chi connectivity index (χ0v) is 14.2. The Morgan fingerprint density at radius 1 is 1.17 bits per heavy atom. The fraction of sp³-hybridized carbons (Fsp3) is 0.235. The fourth-order valence-electron chi connectivity index (χ4n) is 2.06. The van der Waals surface area contributed by atoms with Crippen LogP contribution in [-0.4, -0.2) is 26.1 Å². The largest absolute Gasteiger partial charge is 0.497 e. The fourth-order valence-corrected chi connectivity index (χ4v) is 2.56. The van der Waals surface area contributed by atoms with Crippen LogP contribution >= 0.6 is 23.2 Å². The van der Waals surface area contributed by atoms with E-state index in [2.05, 4.69) is 10.6 Å². The zero-order chi connectivity index (χ0) is 16.7. The first-order valence-corrected chi connectivity index (χ1v) is 7.92. The van der Waals surface area contributed by atoms with Crippen LogP contribution < -0.4 is 15.4 Å². The van der Waals surface area contributed by atoms with E-state index in [0.29, 0.717) is 28.0 Å². The number of amides is 1. The van der Waals surface area contributed by atoms with Gasteiger partial charge in [0, 0.05) is 21.8 Å². The maximum atomic E-state index is 11.9. The Balaban J connectivity index is 1.74. The molecule has 2 rings (SSSR count). The maximum Gasteiger partial charge on any atom is 0.238 e. The van der Waals surface area contributed by atoms with Crippen LogP contribution in [0.2, 0.25) is 10.0 Å². The smallest absolute Gasteiger partial charge is 0.238 e. The Bertz CT molecular complexity index is 677. The second kappa shape index (κ2) is 8.77. The first-order valence-electron chi connectivity index (χ1n) is 7.17. The lowest BCUT2D eigenvalue weighted by Crippen LogP contribution is -2.29. The van der Waals surface area contributed by atoms with Crippen LogP contribution in [-0.2, 0) is 11.2 Å². The van der Waals surface area contributed by atoms with Gasteiger partial charge in [-0.05, 0) is 42.8 Å². The highest BCUT2D eigenvalue weighted by atomic mass is 35.5. The van der Waals surface area contributed by atoms with Crippen molar-refractivity contribution in [2.24, 2.45) is 0 Å². The van der Waals surface area contributed by atoms with Crippen molar-refractivity contribution in [2.45, 2.75) is 6.42 Å². The standard InChI is InChI=1S/C17H18Cl2N2O2/c1-23-15-4-2-3-14(10-15)21-17(22)11-20-8-7-12-5-6-13(18)9-16(12)19/h2-6,9-10,20H,7-8,11H2,1H3,(H,21,22). The van der Waals surface area contributed by atoms with Crippen LogP contribution in [0.1, 0.15) is 5.56 Å². The number of carbonyl (C=O) groups is 1. The number of carbonyl (C=O) groups excluding carboxylic acids is 1. The number of rotatable bonds is 7. The molecule has 2 N–H and O–H groups in total. The summed E-state index contributed by atoms with van der Waals surface area (Å²) in [5.74, 6) is 0.591. The van der Waals surface area contributed by atoms with E-state index in [1.54, 1.807) is 25.3 Å². The molecule has 6 heteroatoms. The lowest BCUT2D eigenvalue weighted by Gasteiger charge is -2.09. The third-order valence-corrected chi connectivity index (χ3v) is 3.81. The summed E-state index contributed by atoms with van der Waals surface area (Å²) in [5.41, 5.74) is 1.70. The van der Waals surface area contributed by atoms with Crippen LogP contribution in [0.15, 0.2) is 42.5 Å². The summed E-state index contributed by atoms with van der Waals surface area (Å²) in [6.45, 7) is 0.870. The van der Waals surface area contributed by atoms with E-state index < -0.39 is 0 Å². The van der Waals surface area contributed by atoms with E-state index in [1.807, 2.05) is 24.3 Å². The summed E-state index contributed by atoms with van der Waals surface area (Å²) in [6, 6.07) is 12.6. The minimum absolute atomic E-state index is 0.111. The van der Waals surface area contributed by atoms with Gasteiger partial charge in [-0.15, -0.1) is 0 Å². The number of hydrogen-bond donors (Lipinski definition) is 2. The number of halogens is 2. The molecule has 4 nitrogen and oxygen atoms in total. The van der Waals surface area contributed by atoms with Crippen molar-refractivity contribution < 1.29 is 9.53 Å². The molecule has 0 heterocycles. The van der Waals surface area contributed by atoms with Crippen molar-refractivity contribution in [3.8, 4) is 5.75 Å². The van der Waals surface area contributed by atoms with Crippen molar-refractivity contribution in [3.05, 3.63) is 58.1 Å². The van der Waals surface area contributed by atoms with Crippen molar-refractivity contribution in [3.63, 3.8) is 0 Å². The molecule has 0 aromatic heterocycles. The molecule has 0 saturated carbocycles. The Labute approximate surface area is 145 Å². The molecule has 0 fully saturated rings. The first-order chi connectivity index (χ1) is 11.1. The highest BCUT2D eigenvalue weighted by Crippen LogP contribution is 2.21. The van der Waals surface area contributed by atoms with Crippen molar-refractivity contribution in [2.75, 3.05) is 25.5 Å². The maximum absolute atomic E-state index is 11.9. The molecule has 0 aliphatic rings. The van der Waals surface area contributed by atoms with Crippen LogP contribution in [0.4, 0.5) is 5.69 Å². The highest BCUT2D eigenvalue weighted by molar-refractivity contribution is 6.35. The molecular formula is C17H18Cl2N2O2. The molecule has 2 aromatic rings. The Morgan fingerprint density at radius 3 is 2.74 bits per heavy atom. The molecule has 0 aliphatic carbocycles. The van der Waals surface area contributed by atoms with Gasteiger partial charge in [-0.2, -0.15) is 0 Å². The predicted octanol–water partition coefficient (Wildman–Crippen LogP) is 3.77. The molecule has 23 heavy (non-hydrogen) atoms. The van der Waals surface area contributed by atoms with Crippen LogP contribution in [0.3, 0.4) is 0 Å². The van der Waals surface area contributed by atoms with Crippen molar-refractivity contribution in [1.82, 2.24) is 5.32 Å². The van der Waals surface area contributed by atoms with E-state index in [9.17, 15) is 4.79 Å². The highest BCUT2D eigenvalue weighted by Gasteiger charge is 2.04. The first kappa shape index (κ1) is 17.6. The van der Waals surface area contributed by atoms with Gasteiger partial charge in [0.15, 0.2) is 0 Å². The molecule has 0 saturated heterocycles. The zero-order valence-electron chi connectivity index (χ0n) is 12.7. The Hall–Kier alpha value is -1.75. The van der Waals surface area contributed by atoms with Crippen LogP contribution in [0, 0.1) is 0 Å². The molecule has 0 unspecified atom stereocenters. The molecule has 1 amide bonds. The summed E-state index contributed by atoms with van der Waals surface area (Å²) in [5, 5.41) is 7.15. The van der Waals surface area contributed by atoms with E-state index in [0.717, 1.165) is 12.0 Å². The van der Waals surface area contributed by atoms with Gasteiger partial charge in [0.05, 0.1) is 13.7 Å². The number of nitrogens with one attached hydrogen (secondary N) is 2. The van der Waals surface area contributed by atoms with Gasteiger partial charge in [0.2, 0.25) is 5.91 Å². The average molecular weight is 353 g/mol. The third-order valence-electron chi connectivity index (χ3n) is 3.23. The minimum atomic E-state index is -0.111. The predicted molar refractivity (Wildman–Crippen MR) is 94.7 cm³/mol. The van der Waals surface area contributed by atoms with E-state index in [1.165, 1.54) is 0 Å². The second-order valence-corrected chi connectivity index (χ2v) is 5.79. The molecule has 0 atom stereocenters. The average Bonchev–Trinajstić information content (AvgIpc) is 2.53. The number of anilines is 1. The molecule has 0 bridgehead atoms. The van der Waals surface area contributed by atoms with Gasteiger partial charge in [-0.25, -0.2) is 0 Å². The lowest BCUT2D eigenvalue weighted by molar-refractivity contribution is -0.115. The third kappa shape index (κ3) is 5.75. The van der Waals surface area contributed by atoms with E-state index in [4.69, 9.17) is 27.9 Å². The lowest BCUT2D eigenvalue weighted by atomic mass is 10.1. The molecule has 0 aliphatic heterocycles. The van der Waals surface area contributed by atoms with Gasteiger partial charge in [-0.1, -0.05) is 35.3 Å².